The van der Waals surface area contributed by atoms with Crippen molar-refractivity contribution in [3.8, 4) is 17.1 Å². The van der Waals surface area contributed by atoms with Gasteiger partial charge in [-0.3, -0.25) is 4.79 Å². The SMILES string of the molecule is COc1ccc(-c2nnc(SCC(=O)NC(C)c3ccco3)n2N)cc1. The first-order valence-corrected chi connectivity index (χ1v) is 8.87. The summed E-state index contributed by atoms with van der Waals surface area (Å²) in [6.45, 7) is 1.86. The molecule has 0 spiro atoms. The molecule has 0 radical (unpaired) electrons. The summed E-state index contributed by atoms with van der Waals surface area (Å²) in [6.07, 6.45) is 1.57. The van der Waals surface area contributed by atoms with E-state index >= 15 is 0 Å². The van der Waals surface area contributed by atoms with Crippen LogP contribution in [0, 0.1) is 0 Å². The molecule has 0 aliphatic heterocycles. The van der Waals surface area contributed by atoms with E-state index in [0.717, 1.165) is 11.3 Å². The van der Waals surface area contributed by atoms with Crippen LogP contribution in [-0.4, -0.2) is 33.6 Å². The lowest BCUT2D eigenvalue weighted by Gasteiger charge is -2.11. The van der Waals surface area contributed by atoms with E-state index in [-0.39, 0.29) is 17.7 Å². The highest BCUT2D eigenvalue weighted by molar-refractivity contribution is 7.99. The lowest BCUT2D eigenvalue weighted by Crippen LogP contribution is -2.28. The molecule has 0 saturated heterocycles. The van der Waals surface area contributed by atoms with Crippen molar-refractivity contribution in [1.82, 2.24) is 20.2 Å². The zero-order valence-electron chi connectivity index (χ0n) is 14.4. The number of nitrogen functional groups attached to an aromatic ring is 1. The second-order valence-electron chi connectivity index (χ2n) is 5.50. The average molecular weight is 373 g/mol. The summed E-state index contributed by atoms with van der Waals surface area (Å²) in [6, 6.07) is 10.7. The molecule has 3 rings (SSSR count). The van der Waals surface area contributed by atoms with Crippen molar-refractivity contribution < 1.29 is 13.9 Å². The molecule has 0 aliphatic rings. The Morgan fingerprint density at radius 1 is 1.35 bits per heavy atom. The van der Waals surface area contributed by atoms with Gasteiger partial charge in [-0.05, 0) is 43.3 Å². The third-order valence-corrected chi connectivity index (χ3v) is 4.64. The van der Waals surface area contributed by atoms with Gasteiger partial charge in [-0.1, -0.05) is 11.8 Å². The summed E-state index contributed by atoms with van der Waals surface area (Å²) in [7, 11) is 1.60. The van der Waals surface area contributed by atoms with Gasteiger partial charge in [0.15, 0.2) is 5.82 Å². The second-order valence-corrected chi connectivity index (χ2v) is 6.44. The number of benzene rings is 1. The number of rotatable bonds is 7. The van der Waals surface area contributed by atoms with E-state index in [2.05, 4.69) is 15.5 Å². The number of amides is 1. The Kier molecular flexibility index (Phi) is 5.47. The number of thioether (sulfide) groups is 1. The van der Waals surface area contributed by atoms with Gasteiger partial charge in [0.25, 0.3) is 0 Å². The van der Waals surface area contributed by atoms with Crippen LogP contribution in [0.1, 0.15) is 18.7 Å². The van der Waals surface area contributed by atoms with Gasteiger partial charge in [-0.2, -0.15) is 0 Å². The predicted molar refractivity (Wildman–Crippen MR) is 98.2 cm³/mol. The van der Waals surface area contributed by atoms with Crippen LogP contribution in [0.2, 0.25) is 0 Å². The number of furan rings is 1. The molecule has 8 nitrogen and oxygen atoms in total. The zero-order chi connectivity index (χ0) is 18.5. The molecule has 0 saturated carbocycles. The molecule has 0 fully saturated rings. The molecule has 2 aromatic heterocycles. The van der Waals surface area contributed by atoms with E-state index in [1.54, 1.807) is 19.4 Å². The molecule has 136 valence electrons. The highest BCUT2D eigenvalue weighted by Gasteiger charge is 2.16. The van der Waals surface area contributed by atoms with Gasteiger partial charge in [0.05, 0.1) is 25.2 Å². The van der Waals surface area contributed by atoms with Crippen molar-refractivity contribution in [2.24, 2.45) is 0 Å². The van der Waals surface area contributed by atoms with E-state index in [0.29, 0.717) is 16.7 Å². The Morgan fingerprint density at radius 3 is 2.77 bits per heavy atom. The minimum absolute atomic E-state index is 0.145. The van der Waals surface area contributed by atoms with Crippen molar-refractivity contribution in [3.63, 3.8) is 0 Å². The number of nitrogens with zero attached hydrogens (tertiary/aromatic N) is 3. The highest BCUT2D eigenvalue weighted by Crippen LogP contribution is 2.23. The number of methoxy groups -OCH3 is 1. The van der Waals surface area contributed by atoms with Crippen LogP contribution in [0.4, 0.5) is 0 Å². The van der Waals surface area contributed by atoms with E-state index in [9.17, 15) is 4.79 Å². The molecule has 2 heterocycles. The Hall–Kier alpha value is -2.94. The summed E-state index contributed by atoms with van der Waals surface area (Å²) in [5.41, 5.74) is 0.809. The molecule has 3 aromatic rings. The largest absolute Gasteiger partial charge is 0.497 e. The quantitative estimate of drug-likeness (QED) is 0.483. The Morgan fingerprint density at radius 2 is 2.12 bits per heavy atom. The molecule has 3 N–H and O–H groups in total. The van der Waals surface area contributed by atoms with Gasteiger partial charge >= 0.3 is 0 Å². The fourth-order valence-electron chi connectivity index (χ4n) is 2.33. The number of nitrogens with two attached hydrogens (primary N) is 1. The molecule has 0 aliphatic carbocycles. The van der Waals surface area contributed by atoms with Crippen LogP contribution < -0.4 is 15.9 Å². The van der Waals surface area contributed by atoms with Gasteiger partial charge in [-0.25, -0.2) is 4.68 Å². The minimum atomic E-state index is -0.205. The number of nitrogens with one attached hydrogen (secondary N) is 1. The van der Waals surface area contributed by atoms with Gasteiger partial charge in [0.1, 0.15) is 11.5 Å². The third-order valence-electron chi connectivity index (χ3n) is 3.69. The third kappa shape index (κ3) is 3.99. The molecular weight excluding hydrogens is 354 g/mol. The molecule has 26 heavy (non-hydrogen) atoms. The van der Waals surface area contributed by atoms with Crippen molar-refractivity contribution in [2.45, 2.75) is 18.1 Å². The summed E-state index contributed by atoms with van der Waals surface area (Å²) >= 11 is 1.21. The monoisotopic (exact) mass is 373 g/mol. The first-order chi connectivity index (χ1) is 12.6. The van der Waals surface area contributed by atoms with Crippen LogP contribution in [-0.2, 0) is 4.79 Å². The number of hydrogen-bond acceptors (Lipinski definition) is 7. The maximum absolute atomic E-state index is 12.1. The normalized spacial score (nSPS) is 11.9. The number of carbonyl (C=O) groups is 1. The molecule has 0 bridgehead atoms. The van der Waals surface area contributed by atoms with Crippen molar-refractivity contribution in [3.05, 3.63) is 48.4 Å². The molecule has 1 amide bonds. The molecule has 1 aromatic carbocycles. The number of hydrogen-bond donors (Lipinski definition) is 2. The summed E-state index contributed by atoms with van der Waals surface area (Å²) in [5.74, 6) is 8.05. The minimum Gasteiger partial charge on any atom is -0.497 e. The number of aromatic nitrogens is 3. The Labute approximate surface area is 154 Å². The second kappa shape index (κ2) is 7.96. The van der Waals surface area contributed by atoms with Crippen molar-refractivity contribution >= 4 is 17.7 Å². The Balaban J connectivity index is 1.60. The summed E-state index contributed by atoms with van der Waals surface area (Å²) in [4.78, 5) is 12.1. The lowest BCUT2D eigenvalue weighted by atomic mass is 10.2. The first-order valence-electron chi connectivity index (χ1n) is 7.89. The zero-order valence-corrected chi connectivity index (χ0v) is 15.2. The maximum atomic E-state index is 12.1. The van der Waals surface area contributed by atoms with Gasteiger partial charge in [0.2, 0.25) is 11.1 Å². The molecular formula is C17H19N5O3S. The van der Waals surface area contributed by atoms with Crippen LogP contribution in [0.15, 0.2) is 52.2 Å². The molecule has 9 heteroatoms. The topological polar surface area (TPSA) is 108 Å². The molecule has 1 atom stereocenters. The Bertz CT molecular complexity index is 861. The van der Waals surface area contributed by atoms with Crippen molar-refractivity contribution in [1.29, 1.82) is 0 Å². The van der Waals surface area contributed by atoms with E-state index in [1.807, 2.05) is 37.3 Å². The predicted octanol–water partition coefficient (Wildman–Crippen LogP) is 2.23. The fourth-order valence-corrected chi connectivity index (χ4v) is 3.00. The number of ether oxygens (including phenoxy) is 1. The van der Waals surface area contributed by atoms with Crippen LogP contribution >= 0.6 is 11.8 Å². The van der Waals surface area contributed by atoms with Crippen LogP contribution in [0.25, 0.3) is 11.4 Å². The summed E-state index contributed by atoms with van der Waals surface area (Å²) < 4.78 is 11.8. The van der Waals surface area contributed by atoms with Gasteiger partial charge < -0.3 is 20.3 Å². The van der Waals surface area contributed by atoms with E-state index in [1.165, 1.54) is 16.4 Å². The van der Waals surface area contributed by atoms with Crippen LogP contribution in [0.3, 0.4) is 0 Å². The average Bonchev–Trinajstić information content (AvgIpc) is 3.30. The first kappa shape index (κ1) is 17.9. The highest BCUT2D eigenvalue weighted by atomic mass is 32.2. The summed E-state index contributed by atoms with van der Waals surface area (Å²) in [5, 5.41) is 11.5. The lowest BCUT2D eigenvalue weighted by molar-refractivity contribution is -0.119. The maximum Gasteiger partial charge on any atom is 0.231 e. The smallest absolute Gasteiger partial charge is 0.231 e. The molecule has 1 unspecified atom stereocenters. The fraction of sp³-hybridized carbons (Fsp3) is 0.235. The van der Waals surface area contributed by atoms with Gasteiger partial charge in [-0.15, -0.1) is 10.2 Å². The van der Waals surface area contributed by atoms with Crippen molar-refractivity contribution in [2.75, 3.05) is 18.7 Å². The van der Waals surface area contributed by atoms with Crippen LogP contribution in [0.5, 0.6) is 5.75 Å². The van der Waals surface area contributed by atoms with E-state index < -0.39 is 0 Å². The van der Waals surface area contributed by atoms with E-state index in [4.69, 9.17) is 15.0 Å². The van der Waals surface area contributed by atoms with Gasteiger partial charge in [0, 0.05) is 5.56 Å². The number of carbonyl (C=O) groups excluding carboxylic acids is 1. The standard InChI is InChI=1S/C17H19N5O3S/c1-11(14-4-3-9-25-14)19-15(23)10-26-17-21-20-16(22(17)18)12-5-7-13(24-2)8-6-12/h3-9,11H,10,18H2,1-2H3,(H,19,23).